The number of hydrogen-bond donors (Lipinski definition) is 0. The van der Waals surface area contributed by atoms with Gasteiger partial charge in [0.15, 0.2) is 0 Å². The van der Waals surface area contributed by atoms with E-state index in [4.69, 9.17) is 32.9 Å². The van der Waals surface area contributed by atoms with Gasteiger partial charge in [-0.1, -0.05) is 44.4 Å². The molecular weight excluding hydrogens is 473 g/mol. The van der Waals surface area contributed by atoms with Crippen molar-refractivity contribution in [2.75, 3.05) is 6.54 Å². The Kier molecular flexibility index (Phi) is 6.68. The van der Waals surface area contributed by atoms with Crippen molar-refractivity contribution < 1.29 is 15.2 Å². The zero-order valence-corrected chi connectivity index (χ0v) is 15.2. The van der Waals surface area contributed by atoms with Gasteiger partial charge in [-0.25, -0.2) is 0 Å². The molecule has 1 heterocycles. The van der Waals surface area contributed by atoms with Crippen LogP contribution in [0.25, 0.3) is 5.32 Å². The zero-order valence-electron chi connectivity index (χ0n) is 10.7. The summed E-state index contributed by atoms with van der Waals surface area (Å²) in [6.07, 6.45) is 8.83. The van der Waals surface area contributed by atoms with Crippen LogP contribution in [0.3, 0.4) is 0 Å². The second-order valence-electron chi connectivity index (χ2n) is 6.01. The fourth-order valence-corrected chi connectivity index (χ4v) is 4.29. The molecule has 2 aliphatic carbocycles. The van der Waals surface area contributed by atoms with Crippen molar-refractivity contribution in [1.82, 2.24) is 0 Å². The van der Waals surface area contributed by atoms with Crippen LogP contribution in [0, 0.1) is 23.7 Å². The van der Waals surface area contributed by atoms with Crippen LogP contribution in [-0.4, -0.2) is 12.6 Å². The molecule has 0 radical (unpaired) electrons. The van der Waals surface area contributed by atoms with Crippen molar-refractivity contribution in [3.05, 3.63) is 5.32 Å². The Morgan fingerprint density at radius 3 is 2.44 bits per heavy atom. The van der Waals surface area contributed by atoms with E-state index >= 15 is 0 Å². The second kappa shape index (κ2) is 7.54. The molecule has 2 saturated carbocycles. The van der Waals surface area contributed by atoms with Crippen LogP contribution in [0.15, 0.2) is 0 Å². The maximum absolute atomic E-state index is 4.95. The third-order valence-electron chi connectivity index (χ3n) is 4.90. The van der Waals surface area contributed by atoms with E-state index in [1.165, 1.54) is 45.1 Å². The molecule has 0 spiro atoms. The molecule has 1 saturated heterocycles. The van der Waals surface area contributed by atoms with Gasteiger partial charge < -0.3 is 5.32 Å². The SMILES string of the molecule is CC1CCC2C(C1)CC1CCC[N-]C12.[Cl][Au]([Cl])[Cl]. The topological polar surface area (TPSA) is 14.1 Å². The van der Waals surface area contributed by atoms with E-state index in [1.54, 1.807) is 0 Å². The molecule has 0 aromatic heterocycles. The maximum atomic E-state index is 4.95. The first kappa shape index (κ1) is 15.9. The van der Waals surface area contributed by atoms with Crippen molar-refractivity contribution in [2.45, 2.75) is 51.5 Å². The second-order valence-corrected chi connectivity index (χ2v) is 15.4. The first-order valence-corrected chi connectivity index (χ1v) is 14.9. The summed E-state index contributed by atoms with van der Waals surface area (Å²) in [6.45, 7) is 3.61. The van der Waals surface area contributed by atoms with E-state index in [2.05, 4.69) is 6.92 Å². The van der Waals surface area contributed by atoms with Crippen LogP contribution in [-0.2, 0) is 15.2 Å². The Balaban J connectivity index is 0.000000267. The van der Waals surface area contributed by atoms with Crippen LogP contribution < -0.4 is 0 Å². The quantitative estimate of drug-likeness (QED) is 0.385. The molecule has 3 aliphatic rings. The molecule has 5 atom stereocenters. The van der Waals surface area contributed by atoms with Gasteiger partial charge in [0, 0.05) is 0 Å². The van der Waals surface area contributed by atoms with Gasteiger partial charge >= 0.3 is 42.8 Å². The molecule has 5 unspecified atom stereocenters. The summed E-state index contributed by atoms with van der Waals surface area (Å²) in [5, 5.41) is 4.90. The van der Waals surface area contributed by atoms with Gasteiger partial charge in [0.2, 0.25) is 0 Å². The standard InChI is InChI=1S/C13H22N.Au.3ClH/c1-9-4-5-12-11(7-9)8-10-3-2-6-14-13(10)12;;;;/h9-13H,2-8H2,1H3;;3*1H/q-1;+3;;;/p-3. The average Bonchev–Trinajstić information content (AvgIpc) is 2.65. The summed E-state index contributed by atoms with van der Waals surface area (Å²) in [5.41, 5.74) is 0. The predicted molar refractivity (Wildman–Crippen MR) is 76.9 cm³/mol. The van der Waals surface area contributed by atoms with Crippen molar-refractivity contribution in [3.8, 4) is 0 Å². The molecule has 3 rings (SSSR count). The van der Waals surface area contributed by atoms with E-state index in [1.807, 2.05) is 0 Å². The first-order valence-electron chi connectivity index (χ1n) is 6.85. The number of rotatable bonds is 0. The Morgan fingerprint density at radius 2 is 1.72 bits per heavy atom. The fourth-order valence-electron chi connectivity index (χ4n) is 4.29. The normalized spacial score (nSPS) is 43.3. The van der Waals surface area contributed by atoms with E-state index in [-0.39, 0.29) is 0 Å². The Hall–Kier alpha value is 1.57. The molecule has 0 amide bonds. The van der Waals surface area contributed by atoms with E-state index in [0.29, 0.717) is 0 Å². The fraction of sp³-hybridized carbons (Fsp3) is 1.00. The van der Waals surface area contributed by atoms with Crippen molar-refractivity contribution >= 4 is 27.6 Å². The van der Waals surface area contributed by atoms with Crippen LogP contribution in [0.5, 0.6) is 0 Å². The van der Waals surface area contributed by atoms with Crippen molar-refractivity contribution in [2.24, 2.45) is 23.7 Å². The van der Waals surface area contributed by atoms with E-state index < -0.39 is 15.2 Å². The molecular formula is C13H22AuCl3N-. The van der Waals surface area contributed by atoms with Gasteiger partial charge in [0.25, 0.3) is 0 Å². The molecule has 0 aromatic rings. The van der Waals surface area contributed by atoms with Crippen LogP contribution in [0.4, 0.5) is 0 Å². The summed E-state index contributed by atoms with van der Waals surface area (Å²) < 4.78 is 0. The summed E-state index contributed by atoms with van der Waals surface area (Å²) in [7, 11) is 14.9. The number of hydrogen-bond acceptors (Lipinski definition) is 0. The average molecular weight is 496 g/mol. The third-order valence-corrected chi connectivity index (χ3v) is 4.90. The molecule has 112 valence electrons. The van der Waals surface area contributed by atoms with Crippen molar-refractivity contribution in [1.29, 1.82) is 0 Å². The third kappa shape index (κ3) is 4.28. The summed E-state index contributed by atoms with van der Waals surface area (Å²) in [4.78, 5) is 0. The van der Waals surface area contributed by atoms with Crippen LogP contribution in [0.2, 0.25) is 0 Å². The minimum absolute atomic E-state index is 0.793. The zero-order chi connectivity index (χ0) is 13.1. The number of piperidine rings is 1. The molecule has 5 heteroatoms. The van der Waals surface area contributed by atoms with Crippen molar-refractivity contribution in [3.63, 3.8) is 0 Å². The molecule has 0 aromatic carbocycles. The predicted octanol–water partition coefficient (Wildman–Crippen LogP) is 5.66. The summed E-state index contributed by atoms with van der Waals surface area (Å²) in [6, 6.07) is 0.793. The molecule has 0 N–H and O–H groups in total. The van der Waals surface area contributed by atoms with Crippen LogP contribution in [0.1, 0.15) is 45.4 Å². The summed E-state index contributed by atoms with van der Waals surface area (Å²) >= 11 is -1.79. The van der Waals surface area contributed by atoms with E-state index in [0.717, 1.165) is 29.7 Å². The van der Waals surface area contributed by atoms with Gasteiger partial charge in [-0.15, -0.1) is 12.6 Å². The summed E-state index contributed by atoms with van der Waals surface area (Å²) in [5.74, 6) is 4.03. The van der Waals surface area contributed by atoms with Crippen LogP contribution >= 0.6 is 27.6 Å². The van der Waals surface area contributed by atoms with Gasteiger partial charge in [-0.05, 0) is 24.7 Å². The number of nitrogens with zero attached hydrogens (tertiary/aromatic N) is 1. The Bertz CT molecular complexity index is 262. The number of halogens is 3. The molecule has 3 fully saturated rings. The van der Waals surface area contributed by atoms with Gasteiger partial charge in [0.05, 0.1) is 0 Å². The molecule has 18 heavy (non-hydrogen) atoms. The van der Waals surface area contributed by atoms with Gasteiger partial charge in [-0.3, -0.25) is 0 Å². The Labute approximate surface area is 129 Å². The number of fused-ring (bicyclic) bond motifs is 3. The van der Waals surface area contributed by atoms with Gasteiger partial charge in [-0.2, -0.15) is 0 Å². The van der Waals surface area contributed by atoms with E-state index in [9.17, 15) is 0 Å². The molecule has 0 bridgehead atoms. The molecule has 1 aliphatic heterocycles. The molecule has 1 nitrogen and oxygen atoms in total. The Morgan fingerprint density at radius 1 is 1.00 bits per heavy atom. The first-order chi connectivity index (χ1) is 8.58. The van der Waals surface area contributed by atoms with Gasteiger partial charge in [0.1, 0.15) is 0 Å². The minimum atomic E-state index is -1.79. The monoisotopic (exact) mass is 494 g/mol.